The predicted molar refractivity (Wildman–Crippen MR) is 68.0 cm³/mol. The molecular weight excluding hydrogens is 232 g/mol. The van der Waals surface area contributed by atoms with Gasteiger partial charge in [0.25, 0.3) is 0 Å². The highest BCUT2D eigenvalue weighted by Gasteiger charge is 2.39. The third-order valence-corrected chi connectivity index (χ3v) is 3.25. The first-order chi connectivity index (χ1) is 8.63. The second kappa shape index (κ2) is 5.16. The van der Waals surface area contributed by atoms with Gasteiger partial charge in [0.05, 0.1) is 12.7 Å². The molecule has 18 heavy (non-hydrogen) atoms. The average molecular weight is 252 g/mol. The highest BCUT2D eigenvalue weighted by Crippen LogP contribution is 2.46. The third-order valence-electron chi connectivity index (χ3n) is 3.25. The molecule has 0 radical (unpaired) electrons. The minimum atomic E-state index is -0.680. The standard InChI is InChI=1S/C14H20O4/c1-5-17-11-8-6-7-10-12(15-3)9-14(2,16-4)18-13(10)11/h6-8,12H,5,9H2,1-4H3/t12-,14+/m0/s1. The van der Waals surface area contributed by atoms with E-state index in [1.165, 1.54) is 0 Å². The number of hydrogen-bond acceptors (Lipinski definition) is 4. The zero-order chi connectivity index (χ0) is 13.2. The summed E-state index contributed by atoms with van der Waals surface area (Å²) in [4.78, 5) is 0. The lowest BCUT2D eigenvalue weighted by Crippen LogP contribution is -2.40. The first-order valence-electron chi connectivity index (χ1n) is 6.16. The van der Waals surface area contributed by atoms with Crippen molar-refractivity contribution in [2.75, 3.05) is 20.8 Å². The Balaban J connectivity index is 2.44. The van der Waals surface area contributed by atoms with E-state index in [1.807, 2.05) is 32.0 Å². The zero-order valence-corrected chi connectivity index (χ0v) is 11.4. The molecule has 0 aromatic heterocycles. The summed E-state index contributed by atoms with van der Waals surface area (Å²) in [6.45, 7) is 4.46. The highest BCUT2D eigenvalue weighted by atomic mass is 16.7. The maximum Gasteiger partial charge on any atom is 0.210 e. The average Bonchev–Trinajstić information content (AvgIpc) is 2.39. The van der Waals surface area contributed by atoms with Crippen molar-refractivity contribution in [3.05, 3.63) is 23.8 Å². The smallest absolute Gasteiger partial charge is 0.210 e. The molecule has 0 fully saturated rings. The molecule has 100 valence electrons. The van der Waals surface area contributed by atoms with Crippen molar-refractivity contribution in [2.24, 2.45) is 0 Å². The maximum atomic E-state index is 5.96. The minimum absolute atomic E-state index is 0.0425. The van der Waals surface area contributed by atoms with Gasteiger partial charge in [-0.2, -0.15) is 0 Å². The molecule has 0 saturated carbocycles. The predicted octanol–water partition coefficient (Wildman–Crippen LogP) is 2.92. The van der Waals surface area contributed by atoms with E-state index < -0.39 is 5.79 Å². The van der Waals surface area contributed by atoms with Crippen molar-refractivity contribution >= 4 is 0 Å². The topological polar surface area (TPSA) is 36.9 Å². The van der Waals surface area contributed by atoms with Crippen LogP contribution in [0.2, 0.25) is 0 Å². The van der Waals surface area contributed by atoms with Crippen molar-refractivity contribution in [1.29, 1.82) is 0 Å². The van der Waals surface area contributed by atoms with Crippen LogP contribution in [0, 0.1) is 0 Å². The lowest BCUT2D eigenvalue weighted by molar-refractivity contribution is -0.185. The quantitative estimate of drug-likeness (QED) is 0.825. The van der Waals surface area contributed by atoms with Gasteiger partial charge in [0.15, 0.2) is 11.5 Å². The lowest BCUT2D eigenvalue weighted by atomic mass is 9.97. The van der Waals surface area contributed by atoms with Crippen LogP contribution in [-0.2, 0) is 9.47 Å². The first-order valence-corrected chi connectivity index (χ1v) is 6.16. The van der Waals surface area contributed by atoms with Gasteiger partial charge in [0.1, 0.15) is 0 Å². The molecule has 1 aromatic carbocycles. The van der Waals surface area contributed by atoms with Crippen LogP contribution in [0.25, 0.3) is 0 Å². The maximum absolute atomic E-state index is 5.96. The largest absolute Gasteiger partial charge is 0.490 e. The van der Waals surface area contributed by atoms with Crippen LogP contribution in [0.4, 0.5) is 0 Å². The van der Waals surface area contributed by atoms with E-state index in [0.29, 0.717) is 13.0 Å². The van der Waals surface area contributed by atoms with Gasteiger partial charge in [0, 0.05) is 33.1 Å². The van der Waals surface area contributed by atoms with E-state index in [2.05, 4.69) is 0 Å². The van der Waals surface area contributed by atoms with Gasteiger partial charge in [-0.05, 0) is 13.0 Å². The molecule has 0 aliphatic carbocycles. The third kappa shape index (κ3) is 2.31. The number of hydrogen-bond donors (Lipinski definition) is 0. The van der Waals surface area contributed by atoms with Gasteiger partial charge in [0.2, 0.25) is 5.79 Å². The van der Waals surface area contributed by atoms with Crippen LogP contribution < -0.4 is 9.47 Å². The number of methoxy groups -OCH3 is 2. The Morgan fingerprint density at radius 3 is 2.78 bits per heavy atom. The Morgan fingerprint density at radius 2 is 2.17 bits per heavy atom. The summed E-state index contributed by atoms with van der Waals surface area (Å²) in [6.07, 6.45) is 0.613. The molecule has 0 N–H and O–H groups in total. The van der Waals surface area contributed by atoms with E-state index in [9.17, 15) is 0 Å². The Labute approximate surface area is 108 Å². The molecule has 0 bridgehead atoms. The lowest BCUT2D eigenvalue weighted by Gasteiger charge is -2.38. The van der Waals surface area contributed by atoms with Crippen molar-refractivity contribution in [3.63, 3.8) is 0 Å². The molecule has 0 unspecified atom stereocenters. The van der Waals surface area contributed by atoms with Crippen LogP contribution >= 0.6 is 0 Å². The summed E-state index contributed by atoms with van der Waals surface area (Å²) < 4.78 is 22.5. The van der Waals surface area contributed by atoms with Crippen LogP contribution in [0.3, 0.4) is 0 Å². The van der Waals surface area contributed by atoms with Crippen molar-refractivity contribution < 1.29 is 18.9 Å². The Bertz CT molecular complexity index is 418. The number of rotatable bonds is 4. The fourth-order valence-corrected chi connectivity index (χ4v) is 2.20. The van der Waals surface area contributed by atoms with E-state index in [-0.39, 0.29) is 6.10 Å². The Hall–Kier alpha value is -1.26. The summed E-state index contributed by atoms with van der Waals surface area (Å²) >= 11 is 0. The first kappa shape index (κ1) is 13.2. The summed E-state index contributed by atoms with van der Waals surface area (Å²) in [5.41, 5.74) is 1.01. The monoisotopic (exact) mass is 252 g/mol. The van der Waals surface area contributed by atoms with E-state index in [0.717, 1.165) is 17.1 Å². The van der Waals surface area contributed by atoms with Crippen LogP contribution in [-0.4, -0.2) is 26.6 Å². The highest BCUT2D eigenvalue weighted by molar-refractivity contribution is 5.49. The van der Waals surface area contributed by atoms with Crippen LogP contribution in [0.1, 0.15) is 31.9 Å². The van der Waals surface area contributed by atoms with Gasteiger partial charge < -0.3 is 18.9 Å². The van der Waals surface area contributed by atoms with E-state index >= 15 is 0 Å². The molecule has 1 aromatic rings. The molecule has 1 aliphatic rings. The molecule has 4 nitrogen and oxygen atoms in total. The second-order valence-corrected chi connectivity index (χ2v) is 4.48. The molecule has 2 atom stereocenters. The SMILES string of the molecule is CCOc1cccc2c1O[C@@](C)(OC)C[C@@H]2OC. The number of benzene rings is 1. The van der Waals surface area contributed by atoms with Crippen LogP contribution in [0.5, 0.6) is 11.5 Å². The summed E-state index contributed by atoms with van der Waals surface area (Å²) in [5.74, 6) is 0.780. The number of ether oxygens (including phenoxy) is 4. The normalized spacial score (nSPS) is 26.3. The van der Waals surface area contributed by atoms with Gasteiger partial charge in [-0.25, -0.2) is 0 Å². The van der Waals surface area contributed by atoms with Gasteiger partial charge >= 0.3 is 0 Å². The summed E-state index contributed by atoms with van der Waals surface area (Å²) in [7, 11) is 3.34. The van der Waals surface area contributed by atoms with Gasteiger partial charge in [-0.1, -0.05) is 12.1 Å². The molecule has 0 amide bonds. The molecular formula is C14H20O4. The zero-order valence-electron chi connectivity index (χ0n) is 11.4. The molecule has 4 heteroatoms. The molecule has 0 spiro atoms. The van der Waals surface area contributed by atoms with Crippen molar-refractivity contribution in [3.8, 4) is 11.5 Å². The van der Waals surface area contributed by atoms with Crippen molar-refractivity contribution in [2.45, 2.75) is 32.2 Å². The van der Waals surface area contributed by atoms with E-state index in [1.54, 1.807) is 14.2 Å². The molecule has 0 saturated heterocycles. The molecule has 2 rings (SSSR count). The summed E-state index contributed by atoms with van der Waals surface area (Å²) in [6, 6.07) is 5.85. The number of fused-ring (bicyclic) bond motifs is 1. The summed E-state index contributed by atoms with van der Waals surface area (Å²) in [5, 5.41) is 0. The fraction of sp³-hybridized carbons (Fsp3) is 0.571. The molecule has 1 aliphatic heterocycles. The molecule has 1 heterocycles. The van der Waals surface area contributed by atoms with Gasteiger partial charge in [-0.15, -0.1) is 0 Å². The van der Waals surface area contributed by atoms with Crippen molar-refractivity contribution in [1.82, 2.24) is 0 Å². The van der Waals surface area contributed by atoms with Gasteiger partial charge in [-0.3, -0.25) is 0 Å². The second-order valence-electron chi connectivity index (χ2n) is 4.48. The fourth-order valence-electron chi connectivity index (χ4n) is 2.20. The Morgan fingerprint density at radius 1 is 1.39 bits per heavy atom. The van der Waals surface area contributed by atoms with E-state index in [4.69, 9.17) is 18.9 Å². The minimum Gasteiger partial charge on any atom is -0.490 e. The van der Waals surface area contributed by atoms with Crippen LogP contribution in [0.15, 0.2) is 18.2 Å². The Kier molecular flexibility index (Phi) is 3.78. The number of para-hydroxylation sites is 1.